The summed E-state index contributed by atoms with van der Waals surface area (Å²) in [5.41, 5.74) is -0.483. The number of aromatic nitrogens is 1. The van der Waals surface area contributed by atoms with Crippen LogP contribution in [0.4, 0.5) is 22.4 Å². The summed E-state index contributed by atoms with van der Waals surface area (Å²) in [5.74, 6) is -1.34. The molecule has 2 amide bonds. The number of nitrogens with zero attached hydrogens (tertiary/aromatic N) is 2. The van der Waals surface area contributed by atoms with Crippen molar-refractivity contribution in [2.75, 3.05) is 6.61 Å². The first-order valence-electron chi connectivity index (χ1n) is 10.4. The fraction of sp³-hybridized carbons (Fsp3) is 0.435. The molecule has 2 N–H and O–H groups in total. The molecular formula is C23H27F4N3O4. The van der Waals surface area contributed by atoms with Gasteiger partial charge in [-0.3, -0.25) is 14.7 Å². The largest absolute Gasteiger partial charge is 0.483 e. The lowest BCUT2D eigenvalue weighted by Crippen LogP contribution is -2.58. The van der Waals surface area contributed by atoms with E-state index in [2.05, 4.69) is 15.0 Å². The van der Waals surface area contributed by atoms with Crippen LogP contribution < -0.4 is 10.1 Å². The second-order valence-corrected chi connectivity index (χ2v) is 8.69. The summed E-state index contributed by atoms with van der Waals surface area (Å²) in [7, 11) is 0. The molecule has 1 aromatic heterocycles. The maximum absolute atomic E-state index is 14.3. The van der Waals surface area contributed by atoms with Crippen molar-refractivity contribution in [1.82, 2.24) is 15.2 Å². The van der Waals surface area contributed by atoms with Gasteiger partial charge in [-0.25, -0.2) is 9.18 Å². The highest BCUT2D eigenvalue weighted by atomic mass is 19.4. The molecule has 2 atom stereocenters. The minimum absolute atomic E-state index is 0.0955. The Hall–Kier alpha value is -3.37. The predicted molar refractivity (Wildman–Crippen MR) is 116 cm³/mol. The molecule has 0 fully saturated rings. The third-order valence-corrected chi connectivity index (χ3v) is 4.88. The molecule has 0 saturated heterocycles. The summed E-state index contributed by atoms with van der Waals surface area (Å²) in [6, 6.07) is 6.47. The van der Waals surface area contributed by atoms with Crippen LogP contribution in [-0.4, -0.2) is 51.4 Å². The van der Waals surface area contributed by atoms with E-state index in [0.717, 1.165) is 11.1 Å². The first kappa shape index (κ1) is 26.9. The summed E-state index contributed by atoms with van der Waals surface area (Å²) >= 11 is 0. The summed E-state index contributed by atoms with van der Waals surface area (Å²) in [5, 5.41) is 12.5. The van der Waals surface area contributed by atoms with Crippen LogP contribution in [0.5, 0.6) is 5.75 Å². The van der Waals surface area contributed by atoms with E-state index in [4.69, 9.17) is 0 Å². The number of carbonyl (C=O) groups is 2. The first-order chi connectivity index (χ1) is 15.7. The zero-order valence-electron chi connectivity index (χ0n) is 19.2. The van der Waals surface area contributed by atoms with Gasteiger partial charge in [0.1, 0.15) is 17.6 Å². The number of halogens is 4. The maximum Gasteiger partial charge on any atom is 0.422 e. The lowest BCUT2D eigenvalue weighted by molar-refractivity contribution is -0.153. The smallest absolute Gasteiger partial charge is 0.422 e. The fourth-order valence-electron chi connectivity index (χ4n) is 3.34. The number of alkyl halides is 3. The Kier molecular flexibility index (Phi) is 8.46. The number of pyridine rings is 1. The average Bonchev–Trinajstić information content (AvgIpc) is 2.71. The Morgan fingerprint density at radius 1 is 1.15 bits per heavy atom. The highest BCUT2D eigenvalue weighted by Crippen LogP contribution is 2.23. The quantitative estimate of drug-likeness (QED) is 0.528. The number of amides is 2. The minimum Gasteiger partial charge on any atom is -0.483 e. The number of hydrogen-bond donors (Lipinski definition) is 2. The number of benzene rings is 1. The van der Waals surface area contributed by atoms with Crippen molar-refractivity contribution in [2.24, 2.45) is 0 Å². The molecule has 0 unspecified atom stereocenters. The average molecular weight is 485 g/mol. The number of carboxylic acid groups (broad SMARTS) is 1. The van der Waals surface area contributed by atoms with Crippen molar-refractivity contribution in [3.05, 3.63) is 59.7 Å². The number of rotatable bonds is 8. The molecule has 0 spiro atoms. The molecule has 0 aliphatic carbocycles. The van der Waals surface area contributed by atoms with Gasteiger partial charge < -0.3 is 15.2 Å². The second-order valence-electron chi connectivity index (χ2n) is 8.69. The van der Waals surface area contributed by atoms with E-state index in [9.17, 15) is 32.3 Å². The van der Waals surface area contributed by atoms with Crippen molar-refractivity contribution in [2.45, 2.75) is 57.9 Å². The van der Waals surface area contributed by atoms with E-state index in [-0.39, 0.29) is 17.7 Å². The highest BCUT2D eigenvalue weighted by Gasteiger charge is 2.38. The van der Waals surface area contributed by atoms with E-state index in [0.29, 0.717) is 5.69 Å². The molecule has 0 aliphatic rings. The normalized spacial score (nSPS) is 13.6. The molecule has 186 valence electrons. The van der Waals surface area contributed by atoms with Crippen LogP contribution in [0, 0.1) is 5.82 Å². The van der Waals surface area contributed by atoms with Gasteiger partial charge >= 0.3 is 12.3 Å². The molecule has 34 heavy (non-hydrogen) atoms. The van der Waals surface area contributed by atoms with E-state index in [1.165, 1.54) is 30.3 Å². The van der Waals surface area contributed by atoms with Gasteiger partial charge in [-0.05, 0) is 51.5 Å². The van der Waals surface area contributed by atoms with Crippen molar-refractivity contribution >= 4 is 12.0 Å². The topological polar surface area (TPSA) is 91.8 Å². The van der Waals surface area contributed by atoms with Gasteiger partial charge in [0.2, 0.25) is 5.91 Å². The van der Waals surface area contributed by atoms with Gasteiger partial charge in [0.15, 0.2) is 6.61 Å². The van der Waals surface area contributed by atoms with Gasteiger partial charge in [-0.15, -0.1) is 0 Å². The number of nitrogens with one attached hydrogen (secondary N) is 1. The summed E-state index contributed by atoms with van der Waals surface area (Å²) < 4.78 is 55.8. The molecule has 0 bridgehead atoms. The molecule has 2 aromatic rings. The Bertz CT molecular complexity index is 991. The van der Waals surface area contributed by atoms with Crippen molar-refractivity contribution < 1.29 is 37.0 Å². The fourth-order valence-corrected chi connectivity index (χ4v) is 3.34. The molecule has 7 nitrogen and oxygen atoms in total. The maximum atomic E-state index is 14.3. The van der Waals surface area contributed by atoms with Crippen molar-refractivity contribution in [3.8, 4) is 5.75 Å². The Morgan fingerprint density at radius 3 is 2.29 bits per heavy atom. The van der Waals surface area contributed by atoms with Gasteiger partial charge in [-0.2, -0.15) is 13.2 Å². The standard InChI is InChI=1S/C23H27F4N3O4/c1-14(18-10-9-16(12-28-18)34-13-23(25,26)27)29-20(31)19(30(21(32)33)22(2,3)4)11-15-7-5-6-8-17(15)24/h5-10,12,14,19H,11,13H2,1-4H3,(H,29,31)(H,32,33)/t14-,19+/m1/s1. The SMILES string of the molecule is C[C@@H](NC(=O)[C@H](Cc1ccccc1F)N(C(=O)O)C(C)(C)C)c1ccc(OCC(F)(F)F)cn1. The van der Waals surface area contributed by atoms with Gasteiger partial charge in [0.25, 0.3) is 0 Å². The predicted octanol–water partition coefficient (Wildman–Crippen LogP) is 4.73. The zero-order chi connectivity index (χ0) is 25.7. The van der Waals surface area contributed by atoms with E-state index < -0.39 is 48.2 Å². The lowest BCUT2D eigenvalue weighted by atomic mass is 9.97. The lowest BCUT2D eigenvalue weighted by Gasteiger charge is -2.39. The summed E-state index contributed by atoms with van der Waals surface area (Å²) in [4.78, 5) is 30.2. The molecule has 11 heteroatoms. The van der Waals surface area contributed by atoms with Crippen LogP contribution in [0.2, 0.25) is 0 Å². The molecule has 1 heterocycles. The van der Waals surface area contributed by atoms with Crippen LogP contribution in [0.25, 0.3) is 0 Å². The molecular weight excluding hydrogens is 458 g/mol. The second kappa shape index (κ2) is 10.7. The van der Waals surface area contributed by atoms with Crippen molar-refractivity contribution in [3.63, 3.8) is 0 Å². The number of ether oxygens (including phenoxy) is 1. The zero-order valence-corrected chi connectivity index (χ0v) is 19.2. The van der Waals surface area contributed by atoms with Crippen LogP contribution in [0.3, 0.4) is 0 Å². The Balaban J connectivity index is 2.23. The number of hydrogen-bond acceptors (Lipinski definition) is 4. The Morgan fingerprint density at radius 2 is 1.79 bits per heavy atom. The Labute approximate surface area is 194 Å². The third-order valence-electron chi connectivity index (χ3n) is 4.88. The molecule has 0 radical (unpaired) electrons. The van der Waals surface area contributed by atoms with Crippen LogP contribution >= 0.6 is 0 Å². The van der Waals surface area contributed by atoms with E-state index in [1.54, 1.807) is 33.8 Å². The van der Waals surface area contributed by atoms with Crippen LogP contribution in [-0.2, 0) is 11.2 Å². The third kappa shape index (κ3) is 7.60. The number of carbonyl (C=O) groups excluding carboxylic acids is 1. The summed E-state index contributed by atoms with van der Waals surface area (Å²) in [6.07, 6.45) is -4.94. The molecule has 0 aliphatic heterocycles. The van der Waals surface area contributed by atoms with Gasteiger partial charge in [0.05, 0.1) is 17.9 Å². The van der Waals surface area contributed by atoms with Gasteiger partial charge in [-0.1, -0.05) is 18.2 Å². The molecule has 1 aromatic carbocycles. The van der Waals surface area contributed by atoms with Gasteiger partial charge in [0, 0.05) is 12.0 Å². The highest BCUT2D eigenvalue weighted by molar-refractivity contribution is 5.86. The summed E-state index contributed by atoms with van der Waals surface area (Å²) in [6.45, 7) is 4.98. The van der Waals surface area contributed by atoms with E-state index >= 15 is 0 Å². The van der Waals surface area contributed by atoms with Crippen molar-refractivity contribution in [1.29, 1.82) is 0 Å². The van der Waals surface area contributed by atoms with E-state index in [1.807, 2.05) is 0 Å². The molecule has 2 rings (SSSR count). The van der Waals surface area contributed by atoms with Crippen LogP contribution in [0.1, 0.15) is 45.0 Å². The first-order valence-corrected chi connectivity index (χ1v) is 10.4. The minimum atomic E-state index is -4.49. The van der Waals surface area contributed by atoms with Crippen LogP contribution in [0.15, 0.2) is 42.6 Å². The molecule has 0 saturated carbocycles. The monoisotopic (exact) mass is 485 g/mol.